The number of aliphatic carboxylic acids is 1. The molecule has 0 spiro atoms. The molecular formula is C18H22N2O3S. The third kappa shape index (κ3) is 5.45. The molecule has 0 atom stereocenters. The van der Waals surface area contributed by atoms with Crippen LogP contribution in [0.2, 0.25) is 0 Å². The molecule has 2 N–H and O–H groups in total. The summed E-state index contributed by atoms with van der Waals surface area (Å²) in [5.41, 5.74) is 2.41. The predicted octanol–water partition coefficient (Wildman–Crippen LogP) is 3.42. The van der Waals surface area contributed by atoms with Crippen molar-refractivity contribution in [2.75, 3.05) is 0 Å². The van der Waals surface area contributed by atoms with Gasteiger partial charge in [-0.3, -0.25) is 9.59 Å². The molecule has 0 unspecified atom stereocenters. The summed E-state index contributed by atoms with van der Waals surface area (Å²) in [6.45, 7) is 5.69. The number of amides is 1. The molecule has 1 heterocycles. The first kappa shape index (κ1) is 18.1. The van der Waals surface area contributed by atoms with Crippen molar-refractivity contribution < 1.29 is 14.7 Å². The van der Waals surface area contributed by atoms with Crippen molar-refractivity contribution in [3.8, 4) is 10.6 Å². The summed E-state index contributed by atoms with van der Waals surface area (Å²) in [7, 11) is 0. The normalized spacial score (nSPS) is 11.3. The average molecular weight is 346 g/mol. The smallest absolute Gasteiger partial charge is 0.303 e. The summed E-state index contributed by atoms with van der Waals surface area (Å²) >= 11 is 1.51. The van der Waals surface area contributed by atoms with Crippen LogP contribution in [0.15, 0.2) is 29.6 Å². The molecule has 6 heteroatoms. The van der Waals surface area contributed by atoms with Gasteiger partial charge in [-0.05, 0) is 27.2 Å². The van der Waals surface area contributed by atoms with Crippen molar-refractivity contribution in [2.45, 2.75) is 45.6 Å². The third-order valence-corrected chi connectivity index (χ3v) is 4.57. The largest absolute Gasteiger partial charge is 0.481 e. The van der Waals surface area contributed by atoms with Gasteiger partial charge in [-0.2, -0.15) is 0 Å². The molecule has 128 valence electrons. The Labute approximate surface area is 145 Å². The Bertz CT molecular complexity index is 720. The zero-order valence-electron chi connectivity index (χ0n) is 14.1. The molecule has 1 amide bonds. The van der Waals surface area contributed by atoms with Crippen LogP contribution >= 0.6 is 11.3 Å². The van der Waals surface area contributed by atoms with Gasteiger partial charge in [0.2, 0.25) is 5.91 Å². The lowest BCUT2D eigenvalue weighted by molar-refractivity contribution is -0.137. The molecule has 0 bridgehead atoms. The van der Waals surface area contributed by atoms with E-state index < -0.39 is 11.5 Å². The first-order valence-corrected chi connectivity index (χ1v) is 8.67. The van der Waals surface area contributed by atoms with Gasteiger partial charge in [-0.15, -0.1) is 11.3 Å². The van der Waals surface area contributed by atoms with E-state index in [0.29, 0.717) is 6.42 Å². The fourth-order valence-electron chi connectivity index (χ4n) is 2.28. The van der Waals surface area contributed by atoms with Gasteiger partial charge >= 0.3 is 5.97 Å². The Hall–Kier alpha value is -2.21. The molecule has 0 saturated heterocycles. The number of aryl methyl sites for hydroxylation is 1. The van der Waals surface area contributed by atoms with Gasteiger partial charge in [0.05, 0.1) is 12.1 Å². The number of carboxylic acid groups (broad SMARTS) is 1. The number of thiazole rings is 1. The zero-order chi connectivity index (χ0) is 17.7. The van der Waals surface area contributed by atoms with Crippen molar-refractivity contribution in [3.05, 3.63) is 40.9 Å². The van der Waals surface area contributed by atoms with Crippen molar-refractivity contribution >= 4 is 23.2 Å². The number of benzene rings is 1. The molecule has 1 aromatic carbocycles. The third-order valence-electron chi connectivity index (χ3n) is 3.63. The fourth-order valence-corrected chi connectivity index (χ4v) is 3.11. The molecule has 0 aliphatic heterocycles. The molecule has 0 fully saturated rings. The first-order valence-electron chi connectivity index (χ1n) is 7.79. The summed E-state index contributed by atoms with van der Waals surface area (Å²) < 4.78 is 0. The Morgan fingerprint density at radius 2 is 1.92 bits per heavy atom. The Morgan fingerprint density at radius 1 is 1.25 bits per heavy atom. The highest BCUT2D eigenvalue weighted by Gasteiger charge is 2.22. The fraction of sp³-hybridized carbons (Fsp3) is 0.389. The van der Waals surface area contributed by atoms with Crippen LogP contribution in [0.3, 0.4) is 0 Å². The minimum atomic E-state index is -0.862. The SMILES string of the molecule is Cc1ccc(-c2nc(CC(=O)NC(C)(C)CCC(=O)O)cs2)cc1. The van der Waals surface area contributed by atoms with Crippen molar-refractivity contribution in [1.29, 1.82) is 0 Å². The summed E-state index contributed by atoms with van der Waals surface area (Å²) in [5, 5.41) is 14.4. The van der Waals surface area contributed by atoms with Crippen molar-refractivity contribution in [3.63, 3.8) is 0 Å². The predicted molar refractivity (Wildman–Crippen MR) is 95.1 cm³/mol. The van der Waals surface area contributed by atoms with Crippen LogP contribution in [0, 0.1) is 6.92 Å². The monoisotopic (exact) mass is 346 g/mol. The second-order valence-electron chi connectivity index (χ2n) is 6.51. The van der Waals surface area contributed by atoms with Crippen LogP contribution in [0.4, 0.5) is 0 Å². The first-order chi connectivity index (χ1) is 11.2. The maximum Gasteiger partial charge on any atom is 0.303 e. The van der Waals surface area contributed by atoms with Gasteiger partial charge in [0.15, 0.2) is 0 Å². The average Bonchev–Trinajstić information content (AvgIpc) is 2.94. The van der Waals surface area contributed by atoms with Gasteiger partial charge in [0.1, 0.15) is 5.01 Å². The second-order valence-corrected chi connectivity index (χ2v) is 7.37. The van der Waals surface area contributed by atoms with E-state index in [1.54, 1.807) is 0 Å². The van der Waals surface area contributed by atoms with Gasteiger partial charge in [0.25, 0.3) is 0 Å². The number of carboxylic acids is 1. The van der Waals surface area contributed by atoms with Crippen molar-refractivity contribution in [1.82, 2.24) is 10.3 Å². The number of aromatic nitrogens is 1. The lowest BCUT2D eigenvalue weighted by Crippen LogP contribution is -2.44. The Kier molecular flexibility index (Phi) is 5.72. The van der Waals surface area contributed by atoms with Gasteiger partial charge in [0, 0.05) is 22.9 Å². The van der Waals surface area contributed by atoms with Gasteiger partial charge in [-0.1, -0.05) is 29.8 Å². The topological polar surface area (TPSA) is 79.3 Å². The molecular weight excluding hydrogens is 324 g/mol. The minimum Gasteiger partial charge on any atom is -0.481 e. The van der Waals surface area contributed by atoms with Crippen LogP contribution in [0.25, 0.3) is 10.6 Å². The number of carbonyl (C=O) groups is 2. The van der Waals surface area contributed by atoms with Crippen LogP contribution in [0.5, 0.6) is 0 Å². The number of hydrogen-bond donors (Lipinski definition) is 2. The van der Waals surface area contributed by atoms with Gasteiger partial charge in [-0.25, -0.2) is 4.98 Å². The van der Waals surface area contributed by atoms with Crippen LogP contribution in [-0.4, -0.2) is 27.5 Å². The standard InChI is InChI=1S/C18H22N2O3S/c1-12-4-6-13(7-5-12)17-19-14(11-24-17)10-15(21)20-18(2,3)9-8-16(22)23/h4-7,11H,8-10H2,1-3H3,(H,20,21)(H,22,23). The Morgan fingerprint density at radius 3 is 2.54 bits per heavy atom. The Balaban J connectivity index is 1.95. The van der Waals surface area contributed by atoms with E-state index in [0.717, 1.165) is 16.3 Å². The van der Waals surface area contributed by atoms with Crippen LogP contribution in [-0.2, 0) is 16.0 Å². The molecule has 24 heavy (non-hydrogen) atoms. The van der Waals surface area contributed by atoms with Gasteiger partial charge < -0.3 is 10.4 Å². The van der Waals surface area contributed by atoms with E-state index in [1.807, 2.05) is 50.4 Å². The lowest BCUT2D eigenvalue weighted by atomic mass is 9.98. The molecule has 0 aliphatic carbocycles. The van der Waals surface area contributed by atoms with E-state index in [2.05, 4.69) is 10.3 Å². The van der Waals surface area contributed by atoms with E-state index in [-0.39, 0.29) is 18.7 Å². The summed E-state index contributed by atoms with van der Waals surface area (Å²) in [5.74, 6) is -1.01. The van der Waals surface area contributed by atoms with E-state index >= 15 is 0 Å². The molecule has 2 aromatic rings. The zero-order valence-corrected chi connectivity index (χ0v) is 14.9. The number of rotatable bonds is 7. The maximum atomic E-state index is 12.2. The highest BCUT2D eigenvalue weighted by Crippen LogP contribution is 2.24. The molecule has 5 nitrogen and oxygen atoms in total. The van der Waals surface area contributed by atoms with E-state index in [1.165, 1.54) is 16.9 Å². The quantitative estimate of drug-likeness (QED) is 0.805. The highest BCUT2D eigenvalue weighted by molar-refractivity contribution is 7.13. The number of nitrogens with zero attached hydrogens (tertiary/aromatic N) is 1. The van der Waals surface area contributed by atoms with Crippen LogP contribution in [0.1, 0.15) is 37.9 Å². The number of nitrogens with one attached hydrogen (secondary N) is 1. The highest BCUT2D eigenvalue weighted by atomic mass is 32.1. The number of carbonyl (C=O) groups excluding carboxylic acids is 1. The van der Waals surface area contributed by atoms with Crippen molar-refractivity contribution in [2.24, 2.45) is 0 Å². The number of hydrogen-bond acceptors (Lipinski definition) is 4. The van der Waals surface area contributed by atoms with E-state index in [9.17, 15) is 9.59 Å². The summed E-state index contributed by atoms with van der Waals surface area (Å²) in [6.07, 6.45) is 0.611. The maximum absolute atomic E-state index is 12.2. The van der Waals surface area contributed by atoms with E-state index in [4.69, 9.17) is 5.11 Å². The second kappa shape index (κ2) is 7.57. The molecule has 0 radical (unpaired) electrons. The van der Waals surface area contributed by atoms with Crippen LogP contribution < -0.4 is 5.32 Å². The minimum absolute atomic E-state index is 0.0293. The summed E-state index contributed by atoms with van der Waals surface area (Å²) in [4.78, 5) is 27.3. The summed E-state index contributed by atoms with van der Waals surface area (Å²) in [6, 6.07) is 8.11. The molecule has 0 aliphatic rings. The molecule has 1 aromatic heterocycles. The lowest BCUT2D eigenvalue weighted by Gasteiger charge is -2.25. The molecule has 0 saturated carbocycles. The molecule has 2 rings (SSSR count).